The van der Waals surface area contributed by atoms with Gasteiger partial charge in [-0.1, -0.05) is 24.3 Å². The average Bonchev–Trinajstić information content (AvgIpc) is 3.58. The molecule has 0 atom stereocenters. The molecule has 3 aromatic heterocycles. The number of carbonyl (C=O) groups is 1. The van der Waals surface area contributed by atoms with Crippen molar-refractivity contribution < 1.29 is 23.6 Å². The third-order valence-electron chi connectivity index (χ3n) is 6.46. The lowest BCUT2D eigenvalue weighted by atomic mass is 9.99. The van der Waals surface area contributed by atoms with Gasteiger partial charge in [0.25, 0.3) is 12.1 Å². The molecule has 5 N–H and O–H groups in total. The van der Waals surface area contributed by atoms with Gasteiger partial charge >= 0.3 is 5.88 Å². The Morgan fingerprint density at radius 3 is 2.67 bits per heavy atom. The Labute approximate surface area is 227 Å². The molecule has 6 rings (SSSR count). The molecule has 11 nitrogen and oxygen atoms in total. The van der Waals surface area contributed by atoms with Crippen molar-refractivity contribution in [2.45, 2.75) is 0 Å². The number of aromatic nitrogens is 3. The van der Waals surface area contributed by atoms with Crippen LogP contribution in [0, 0.1) is 0 Å². The summed E-state index contributed by atoms with van der Waals surface area (Å²) in [6.07, 6.45) is 1.62. The van der Waals surface area contributed by atoms with E-state index < -0.39 is 5.91 Å². The molecular formula is C27H26N7O4S+. The van der Waals surface area contributed by atoms with Crippen molar-refractivity contribution in [3.05, 3.63) is 65.7 Å². The molecule has 1 aliphatic rings. The number of rotatable bonds is 6. The van der Waals surface area contributed by atoms with Gasteiger partial charge in [0.05, 0.1) is 49.6 Å². The zero-order valence-electron chi connectivity index (χ0n) is 21.1. The fourth-order valence-corrected chi connectivity index (χ4v) is 5.48. The number of benzene rings is 2. The smallest absolute Gasteiger partial charge is 0.306 e. The topological polar surface area (TPSA) is 146 Å². The largest absolute Gasteiger partial charge is 0.497 e. The van der Waals surface area contributed by atoms with Crippen molar-refractivity contribution in [3.8, 4) is 28.1 Å². The van der Waals surface area contributed by atoms with Gasteiger partial charge in [0, 0.05) is 16.6 Å². The molecule has 1 amide bonds. The predicted molar refractivity (Wildman–Crippen MR) is 149 cm³/mol. The number of fused-ring (bicyclic) bond motifs is 1. The first-order valence-electron chi connectivity index (χ1n) is 12.3. The van der Waals surface area contributed by atoms with Crippen LogP contribution in [-0.4, -0.2) is 49.6 Å². The molecule has 39 heavy (non-hydrogen) atoms. The monoisotopic (exact) mass is 544 g/mol. The van der Waals surface area contributed by atoms with Crippen LogP contribution in [0.3, 0.4) is 0 Å². The molecule has 5 aromatic rings. The van der Waals surface area contributed by atoms with Crippen molar-refractivity contribution in [2.24, 2.45) is 0 Å². The first kappa shape index (κ1) is 24.6. The van der Waals surface area contributed by atoms with E-state index in [-0.39, 0.29) is 5.88 Å². The van der Waals surface area contributed by atoms with Gasteiger partial charge in [-0.3, -0.25) is 14.6 Å². The van der Waals surface area contributed by atoms with Crippen LogP contribution in [-0.2, 0) is 4.74 Å². The standard InChI is InChI=1S/C27H25N7O4S/c1-36-19-4-2-3-17(13-19)20-14-21(16-5-7-18(28)8-6-16)30-27-23(20)24(29)25(39-27)26(35)31-22-15-34(32-38-22)33-9-11-37-12-10-33/h2-8,13-15H,9-12H2,1H3,(H4-,28,29,30,31,32,35)/p+1. The summed E-state index contributed by atoms with van der Waals surface area (Å²) in [5, 5.41) is 9.43. The fourth-order valence-electron chi connectivity index (χ4n) is 4.46. The van der Waals surface area contributed by atoms with Crippen molar-refractivity contribution in [1.29, 1.82) is 0 Å². The normalized spacial score (nSPS) is 13.5. The Morgan fingerprint density at radius 2 is 1.90 bits per heavy atom. The second kappa shape index (κ2) is 10.2. The van der Waals surface area contributed by atoms with Crippen molar-refractivity contribution in [3.63, 3.8) is 0 Å². The van der Waals surface area contributed by atoms with Gasteiger partial charge in [-0.05, 0) is 41.5 Å². The minimum Gasteiger partial charge on any atom is -0.497 e. The van der Waals surface area contributed by atoms with Gasteiger partial charge in [-0.2, -0.15) is 0 Å². The SMILES string of the molecule is COc1cccc(-c2cc(-c3ccc(N)cc3)nc3sc(C(=O)Nc4c[n+](N5CCOCC5)no4)c(N)c23)c1. The third-order valence-corrected chi connectivity index (χ3v) is 7.56. The molecule has 0 unspecified atom stereocenters. The number of nitrogens with zero attached hydrogens (tertiary/aromatic N) is 4. The molecule has 198 valence electrons. The summed E-state index contributed by atoms with van der Waals surface area (Å²) in [7, 11) is 1.62. The zero-order valence-corrected chi connectivity index (χ0v) is 21.9. The summed E-state index contributed by atoms with van der Waals surface area (Å²) < 4.78 is 16.2. The Hall–Kier alpha value is -4.68. The summed E-state index contributed by atoms with van der Waals surface area (Å²) in [5.41, 5.74) is 16.9. The summed E-state index contributed by atoms with van der Waals surface area (Å²) in [6.45, 7) is 2.54. The number of thiophene rings is 1. The number of hydrogen-bond donors (Lipinski definition) is 3. The van der Waals surface area contributed by atoms with Crippen LogP contribution in [0.1, 0.15) is 9.67 Å². The number of anilines is 3. The Kier molecular flexibility index (Phi) is 6.47. The van der Waals surface area contributed by atoms with Crippen molar-refractivity contribution >= 4 is 44.7 Å². The number of hydrogen-bond acceptors (Lipinski definition) is 10. The van der Waals surface area contributed by atoms with Crippen LogP contribution in [0.25, 0.3) is 32.6 Å². The summed E-state index contributed by atoms with van der Waals surface area (Å²) in [5.74, 6) is 0.496. The molecule has 1 aliphatic heterocycles. The number of carbonyl (C=O) groups excluding carboxylic acids is 1. The molecule has 0 saturated carbocycles. The minimum atomic E-state index is -0.411. The van der Waals surface area contributed by atoms with Crippen LogP contribution < -0.4 is 31.3 Å². The molecule has 4 heterocycles. The van der Waals surface area contributed by atoms with E-state index in [1.165, 1.54) is 11.3 Å². The molecule has 0 spiro atoms. The number of nitrogens with two attached hydrogens (primary N) is 2. The Bertz CT molecular complexity index is 1660. The predicted octanol–water partition coefficient (Wildman–Crippen LogP) is 3.30. The van der Waals surface area contributed by atoms with E-state index in [1.54, 1.807) is 18.1 Å². The minimum absolute atomic E-state index is 0.201. The summed E-state index contributed by atoms with van der Waals surface area (Å²) >= 11 is 1.22. The maximum atomic E-state index is 13.4. The summed E-state index contributed by atoms with van der Waals surface area (Å²) in [4.78, 5) is 20.7. The van der Waals surface area contributed by atoms with Crippen LogP contribution in [0.4, 0.5) is 17.3 Å². The average molecular weight is 545 g/mol. The number of nitrogens with one attached hydrogen (secondary N) is 1. The van der Waals surface area contributed by atoms with Gasteiger partial charge < -0.3 is 20.9 Å². The maximum absolute atomic E-state index is 13.4. The van der Waals surface area contributed by atoms with Crippen molar-refractivity contribution in [1.82, 2.24) is 10.3 Å². The Morgan fingerprint density at radius 1 is 1.10 bits per heavy atom. The van der Waals surface area contributed by atoms with Crippen LogP contribution in [0.2, 0.25) is 0 Å². The van der Waals surface area contributed by atoms with E-state index in [4.69, 9.17) is 30.4 Å². The number of pyridine rings is 1. The highest BCUT2D eigenvalue weighted by Gasteiger charge is 2.26. The Balaban J connectivity index is 1.40. The number of ether oxygens (including phenoxy) is 2. The molecular weight excluding hydrogens is 518 g/mol. The molecule has 0 bridgehead atoms. The first-order valence-corrected chi connectivity index (χ1v) is 13.1. The first-order chi connectivity index (χ1) is 19.0. The third kappa shape index (κ3) is 4.82. The van der Waals surface area contributed by atoms with Gasteiger partial charge in [0.15, 0.2) is 0 Å². The molecule has 1 fully saturated rings. The van der Waals surface area contributed by atoms with E-state index in [9.17, 15) is 4.79 Å². The number of methoxy groups -OCH3 is 1. The van der Waals surface area contributed by atoms with Gasteiger partial charge in [-0.15, -0.1) is 16.3 Å². The highest BCUT2D eigenvalue weighted by atomic mass is 32.1. The van der Waals surface area contributed by atoms with Crippen LogP contribution in [0.15, 0.2) is 65.3 Å². The van der Waals surface area contributed by atoms with Gasteiger partial charge in [0.1, 0.15) is 15.5 Å². The number of nitrogen functional groups attached to an aromatic ring is 2. The second-order valence-corrected chi connectivity index (χ2v) is 9.94. The lowest BCUT2D eigenvalue weighted by Crippen LogP contribution is -2.62. The maximum Gasteiger partial charge on any atom is 0.306 e. The van der Waals surface area contributed by atoms with E-state index in [1.807, 2.05) is 59.6 Å². The molecule has 12 heteroatoms. The van der Waals surface area contributed by atoms with Crippen LogP contribution >= 0.6 is 11.3 Å². The quantitative estimate of drug-likeness (QED) is 0.216. The molecule has 2 aromatic carbocycles. The lowest BCUT2D eigenvalue weighted by molar-refractivity contribution is -0.759. The summed E-state index contributed by atoms with van der Waals surface area (Å²) in [6, 6.07) is 17.1. The van der Waals surface area contributed by atoms with E-state index in [0.29, 0.717) is 58.5 Å². The number of morpholine rings is 1. The van der Waals surface area contributed by atoms with Crippen molar-refractivity contribution in [2.75, 3.05) is 55.2 Å². The molecule has 1 saturated heterocycles. The number of amides is 1. The molecule has 0 aliphatic carbocycles. The highest BCUT2D eigenvalue weighted by molar-refractivity contribution is 7.21. The van der Waals surface area contributed by atoms with Gasteiger partial charge in [-0.25, -0.2) is 4.98 Å². The van der Waals surface area contributed by atoms with Gasteiger partial charge in [0.2, 0.25) is 5.27 Å². The molecule has 0 radical (unpaired) electrons. The highest BCUT2D eigenvalue weighted by Crippen LogP contribution is 2.42. The lowest BCUT2D eigenvalue weighted by Gasteiger charge is -2.18. The zero-order chi connectivity index (χ0) is 26.9. The fraction of sp³-hybridized carbons (Fsp3) is 0.185. The van der Waals surface area contributed by atoms with E-state index in [0.717, 1.165) is 22.4 Å². The van der Waals surface area contributed by atoms with E-state index in [2.05, 4.69) is 10.6 Å². The van der Waals surface area contributed by atoms with E-state index >= 15 is 0 Å². The van der Waals surface area contributed by atoms with Crippen LogP contribution in [0.5, 0.6) is 5.75 Å². The second-order valence-electron chi connectivity index (χ2n) is 8.94.